The minimum Gasteiger partial charge on any atom is -0.369 e. The average Bonchev–Trinajstić information content (AvgIpc) is 2.93. The van der Waals surface area contributed by atoms with E-state index in [0.29, 0.717) is 51.9 Å². The molecule has 3 aromatic carbocycles. The van der Waals surface area contributed by atoms with Gasteiger partial charge in [0.25, 0.3) is 0 Å². The Hall–Kier alpha value is -4.78. The molecule has 0 aromatic heterocycles. The molecule has 3 rings (SSSR count). The van der Waals surface area contributed by atoms with Gasteiger partial charge in [0, 0.05) is 37.6 Å². The van der Waals surface area contributed by atoms with E-state index in [2.05, 4.69) is 108 Å². The number of rotatable bonds is 12. The summed E-state index contributed by atoms with van der Waals surface area (Å²) in [6.07, 6.45) is 1.65. The van der Waals surface area contributed by atoms with Crippen LogP contribution in [0.2, 0.25) is 0 Å². The fourth-order valence-corrected chi connectivity index (χ4v) is 4.46. The lowest BCUT2D eigenvalue weighted by molar-refractivity contribution is 0.796. The molecule has 0 bridgehead atoms. The molecule has 0 amide bonds. The smallest absolute Gasteiger partial charge is 0.0640 e. The van der Waals surface area contributed by atoms with E-state index in [-0.39, 0.29) is 0 Å². The standard InChI is InChI=1S/C31H30N6/c1-25-7-2-8-30(26-9-13-28(14-10-26)36(21-3-17-32)22-4-18-33)31(25)27-11-15-29(16-12-27)37(23-5-19-34)24-6-20-35/h2,7-16H,3-6,21-24H2,1H3. The van der Waals surface area contributed by atoms with Crippen LogP contribution >= 0.6 is 0 Å². The number of hydrogen-bond donors (Lipinski definition) is 0. The summed E-state index contributed by atoms with van der Waals surface area (Å²) >= 11 is 0. The van der Waals surface area contributed by atoms with Crippen molar-refractivity contribution in [3.8, 4) is 46.5 Å². The highest BCUT2D eigenvalue weighted by Crippen LogP contribution is 2.36. The van der Waals surface area contributed by atoms with Crippen molar-refractivity contribution in [3.05, 3.63) is 72.3 Å². The summed E-state index contributed by atoms with van der Waals surface area (Å²) < 4.78 is 0. The molecular weight excluding hydrogens is 456 g/mol. The quantitative estimate of drug-likeness (QED) is 0.286. The summed E-state index contributed by atoms with van der Waals surface area (Å²) in [5.74, 6) is 0. The molecule has 184 valence electrons. The van der Waals surface area contributed by atoms with Gasteiger partial charge in [-0.25, -0.2) is 0 Å². The van der Waals surface area contributed by atoms with E-state index in [1.54, 1.807) is 0 Å². The molecule has 0 unspecified atom stereocenters. The van der Waals surface area contributed by atoms with E-state index >= 15 is 0 Å². The summed E-state index contributed by atoms with van der Waals surface area (Å²) in [5.41, 5.74) is 7.66. The van der Waals surface area contributed by atoms with Crippen molar-refractivity contribution in [1.82, 2.24) is 0 Å². The van der Waals surface area contributed by atoms with E-state index in [1.807, 2.05) is 0 Å². The summed E-state index contributed by atoms with van der Waals surface area (Å²) in [6.45, 7) is 4.50. The zero-order valence-electron chi connectivity index (χ0n) is 21.2. The lowest BCUT2D eigenvalue weighted by atomic mass is 9.91. The molecule has 0 N–H and O–H groups in total. The molecular formula is C31H30N6. The van der Waals surface area contributed by atoms with Gasteiger partial charge < -0.3 is 9.80 Å². The first-order valence-electron chi connectivity index (χ1n) is 12.4. The molecule has 0 saturated heterocycles. The second-order valence-corrected chi connectivity index (χ2v) is 8.70. The second kappa shape index (κ2) is 13.9. The number of benzene rings is 3. The third-order valence-electron chi connectivity index (χ3n) is 6.31. The third kappa shape index (κ3) is 7.11. The lowest BCUT2D eigenvalue weighted by Gasteiger charge is -2.24. The largest absolute Gasteiger partial charge is 0.369 e. The monoisotopic (exact) mass is 486 g/mol. The fraction of sp³-hybridized carbons (Fsp3) is 0.290. The Morgan fingerprint density at radius 3 is 1.35 bits per heavy atom. The number of nitriles is 4. The van der Waals surface area contributed by atoms with E-state index in [4.69, 9.17) is 21.0 Å². The van der Waals surface area contributed by atoms with Gasteiger partial charge in [-0.1, -0.05) is 42.5 Å². The fourth-order valence-electron chi connectivity index (χ4n) is 4.46. The molecule has 6 nitrogen and oxygen atoms in total. The van der Waals surface area contributed by atoms with E-state index in [1.165, 1.54) is 5.56 Å². The van der Waals surface area contributed by atoms with Crippen molar-refractivity contribution in [2.45, 2.75) is 32.6 Å². The Labute approximate surface area is 219 Å². The summed E-state index contributed by atoms with van der Waals surface area (Å²) in [7, 11) is 0. The maximum absolute atomic E-state index is 9.00. The van der Waals surface area contributed by atoms with Crippen LogP contribution in [-0.2, 0) is 0 Å². The minimum atomic E-state index is 0.412. The SMILES string of the molecule is Cc1cccc(-c2ccc(N(CCC#N)CCC#N)cc2)c1-c1ccc(N(CCC#N)CCC#N)cc1. The maximum Gasteiger partial charge on any atom is 0.0640 e. The number of anilines is 2. The van der Waals surface area contributed by atoms with Crippen LogP contribution in [-0.4, -0.2) is 26.2 Å². The minimum absolute atomic E-state index is 0.412. The Bertz CT molecular complexity index is 1300. The van der Waals surface area contributed by atoms with Crippen LogP contribution in [0, 0.1) is 52.2 Å². The first kappa shape index (κ1) is 26.8. The predicted molar refractivity (Wildman–Crippen MR) is 147 cm³/mol. The van der Waals surface area contributed by atoms with E-state index in [9.17, 15) is 0 Å². The van der Waals surface area contributed by atoms with Crippen molar-refractivity contribution in [2.75, 3.05) is 36.0 Å². The highest BCUT2D eigenvalue weighted by Gasteiger charge is 2.13. The van der Waals surface area contributed by atoms with Gasteiger partial charge in [-0.3, -0.25) is 0 Å². The molecule has 0 aliphatic heterocycles. The number of nitrogens with zero attached hydrogens (tertiary/aromatic N) is 6. The van der Waals surface area contributed by atoms with Crippen LogP contribution in [0.4, 0.5) is 11.4 Å². The van der Waals surface area contributed by atoms with Crippen LogP contribution in [0.3, 0.4) is 0 Å². The highest BCUT2D eigenvalue weighted by atomic mass is 15.1. The Kier molecular flexibility index (Phi) is 10.1. The summed E-state index contributed by atoms with van der Waals surface area (Å²) in [6, 6.07) is 31.7. The van der Waals surface area contributed by atoms with Crippen LogP contribution in [0.25, 0.3) is 22.3 Å². The summed E-state index contributed by atoms with van der Waals surface area (Å²) in [5, 5.41) is 36.0. The lowest BCUT2D eigenvalue weighted by Crippen LogP contribution is -2.25. The van der Waals surface area contributed by atoms with Crippen molar-refractivity contribution < 1.29 is 0 Å². The third-order valence-corrected chi connectivity index (χ3v) is 6.31. The van der Waals surface area contributed by atoms with Gasteiger partial charge in [-0.05, 0) is 59.0 Å². The zero-order chi connectivity index (χ0) is 26.5. The Morgan fingerprint density at radius 1 is 0.541 bits per heavy atom. The van der Waals surface area contributed by atoms with E-state index < -0.39 is 0 Å². The number of aryl methyl sites for hydroxylation is 1. The van der Waals surface area contributed by atoms with Crippen molar-refractivity contribution >= 4 is 11.4 Å². The van der Waals surface area contributed by atoms with Crippen LogP contribution in [0.15, 0.2) is 66.7 Å². The molecule has 0 aliphatic rings. The molecule has 0 fully saturated rings. The van der Waals surface area contributed by atoms with Gasteiger partial charge in [0.15, 0.2) is 0 Å². The van der Waals surface area contributed by atoms with Gasteiger partial charge in [0.05, 0.1) is 50.0 Å². The molecule has 3 aromatic rings. The topological polar surface area (TPSA) is 102 Å². The van der Waals surface area contributed by atoms with Crippen LogP contribution in [0.5, 0.6) is 0 Å². The normalized spacial score (nSPS) is 9.97. The molecule has 0 spiro atoms. The number of hydrogen-bond acceptors (Lipinski definition) is 6. The van der Waals surface area contributed by atoms with Gasteiger partial charge in [-0.15, -0.1) is 0 Å². The van der Waals surface area contributed by atoms with Crippen molar-refractivity contribution in [1.29, 1.82) is 21.0 Å². The Balaban J connectivity index is 1.91. The van der Waals surface area contributed by atoms with Crippen LogP contribution < -0.4 is 9.80 Å². The molecule has 0 heterocycles. The molecule has 0 atom stereocenters. The predicted octanol–water partition coefficient (Wildman–Crippen LogP) is 6.60. The average molecular weight is 487 g/mol. The Morgan fingerprint density at radius 2 is 0.946 bits per heavy atom. The molecule has 6 heteroatoms. The summed E-state index contributed by atoms with van der Waals surface area (Å²) in [4.78, 5) is 4.16. The maximum atomic E-state index is 9.00. The van der Waals surface area contributed by atoms with Crippen molar-refractivity contribution in [3.63, 3.8) is 0 Å². The van der Waals surface area contributed by atoms with E-state index in [0.717, 1.165) is 33.6 Å². The first-order chi connectivity index (χ1) is 18.1. The molecule has 37 heavy (non-hydrogen) atoms. The highest BCUT2D eigenvalue weighted by molar-refractivity contribution is 5.86. The van der Waals surface area contributed by atoms with Gasteiger partial charge >= 0.3 is 0 Å². The van der Waals surface area contributed by atoms with Gasteiger partial charge in [0.1, 0.15) is 0 Å². The zero-order valence-corrected chi connectivity index (χ0v) is 21.2. The van der Waals surface area contributed by atoms with Gasteiger partial charge in [-0.2, -0.15) is 21.0 Å². The van der Waals surface area contributed by atoms with Crippen molar-refractivity contribution in [2.24, 2.45) is 0 Å². The van der Waals surface area contributed by atoms with Crippen LogP contribution in [0.1, 0.15) is 31.2 Å². The molecule has 0 aliphatic carbocycles. The second-order valence-electron chi connectivity index (χ2n) is 8.70. The first-order valence-corrected chi connectivity index (χ1v) is 12.4. The molecule has 0 radical (unpaired) electrons. The van der Waals surface area contributed by atoms with Gasteiger partial charge in [0.2, 0.25) is 0 Å². The molecule has 0 saturated carbocycles.